The summed E-state index contributed by atoms with van der Waals surface area (Å²) < 4.78 is 0. The highest BCUT2D eigenvalue weighted by atomic mass is 16.1. The van der Waals surface area contributed by atoms with Gasteiger partial charge in [0.15, 0.2) is 0 Å². The van der Waals surface area contributed by atoms with Crippen molar-refractivity contribution in [1.82, 2.24) is 5.32 Å². The number of hydrogen-bond donors (Lipinski definition) is 2. The van der Waals surface area contributed by atoms with Crippen LogP contribution in [-0.2, 0) is 4.79 Å². The molecule has 0 heterocycles. The molecule has 0 fully saturated rings. The maximum Gasteiger partial charge on any atom is 0.224 e. The van der Waals surface area contributed by atoms with Gasteiger partial charge in [0.25, 0.3) is 0 Å². The number of carbonyl (C=O) groups is 1. The van der Waals surface area contributed by atoms with E-state index >= 15 is 0 Å². The molecule has 0 spiro atoms. The number of unbranched alkanes of at least 4 members (excludes halogenated alkanes) is 1. The van der Waals surface area contributed by atoms with Crippen LogP contribution in [0.25, 0.3) is 0 Å². The summed E-state index contributed by atoms with van der Waals surface area (Å²) >= 11 is 0. The Labute approximate surface area is 107 Å². The lowest BCUT2D eigenvalue weighted by atomic mass is 9.96. The SMILES string of the molecule is CC(C)CCCCNC(=O)C(CN)CC(C)C. The Morgan fingerprint density at radius 3 is 2.24 bits per heavy atom. The number of nitrogens with one attached hydrogen (secondary N) is 1. The van der Waals surface area contributed by atoms with Crippen molar-refractivity contribution < 1.29 is 4.79 Å². The molecule has 3 N–H and O–H groups in total. The molecule has 0 aliphatic heterocycles. The zero-order valence-electron chi connectivity index (χ0n) is 12.0. The van der Waals surface area contributed by atoms with Gasteiger partial charge in [0.1, 0.15) is 0 Å². The molecule has 102 valence electrons. The summed E-state index contributed by atoms with van der Waals surface area (Å²) in [5.74, 6) is 1.39. The van der Waals surface area contributed by atoms with E-state index in [1.807, 2.05) is 0 Å². The Balaban J connectivity index is 3.68. The predicted molar refractivity (Wildman–Crippen MR) is 73.7 cm³/mol. The first kappa shape index (κ1) is 16.4. The summed E-state index contributed by atoms with van der Waals surface area (Å²) in [5, 5.41) is 2.99. The van der Waals surface area contributed by atoms with Crippen LogP contribution in [0, 0.1) is 17.8 Å². The molecule has 17 heavy (non-hydrogen) atoms. The molecular formula is C14H30N2O. The second-order valence-corrected chi connectivity index (χ2v) is 5.74. The molecule has 0 saturated heterocycles. The molecule has 0 aromatic rings. The molecule has 0 aromatic carbocycles. The number of hydrogen-bond acceptors (Lipinski definition) is 2. The van der Waals surface area contributed by atoms with Crippen molar-refractivity contribution >= 4 is 5.91 Å². The normalized spacial score (nSPS) is 13.1. The Bertz CT molecular complexity index is 202. The van der Waals surface area contributed by atoms with E-state index < -0.39 is 0 Å². The Morgan fingerprint density at radius 1 is 1.12 bits per heavy atom. The van der Waals surface area contributed by atoms with Crippen molar-refractivity contribution in [3.05, 3.63) is 0 Å². The number of rotatable bonds is 9. The maximum atomic E-state index is 11.8. The molecule has 1 amide bonds. The molecule has 0 bridgehead atoms. The molecule has 0 saturated carbocycles. The van der Waals surface area contributed by atoms with Gasteiger partial charge in [0.05, 0.1) is 5.92 Å². The van der Waals surface area contributed by atoms with E-state index in [9.17, 15) is 4.79 Å². The van der Waals surface area contributed by atoms with Gasteiger partial charge < -0.3 is 11.1 Å². The van der Waals surface area contributed by atoms with E-state index in [2.05, 4.69) is 33.0 Å². The largest absolute Gasteiger partial charge is 0.356 e. The first-order chi connectivity index (χ1) is 7.97. The minimum absolute atomic E-state index is 0.0138. The lowest BCUT2D eigenvalue weighted by Crippen LogP contribution is -2.36. The highest BCUT2D eigenvalue weighted by Gasteiger charge is 2.17. The minimum atomic E-state index is -0.0138. The van der Waals surface area contributed by atoms with Crippen LogP contribution < -0.4 is 11.1 Å². The fourth-order valence-corrected chi connectivity index (χ4v) is 1.91. The Morgan fingerprint density at radius 2 is 1.76 bits per heavy atom. The smallest absolute Gasteiger partial charge is 0.224 e. The van der Waals surface area contributed by atoms with Gasteiger partial charge in [-0.2, -0.15) is 0 Å². The van der Waals surface area contributed by atoms with Gasteiger partial charge >= 0.3 is 0 Å². The number of nitrogens with two attached hydrogens (primary N) is 1. The van der Waals surface area contributed by atoms with E-state index in [4.69, 9.17) is 5.73 Å². The third-order valence-corrected chi connectivity index (χ3v) is 2.92. The molecule has 3 nitrogen and oxygen atoms in total. The molecule has 0 radical (unpaired) electrons. The van der Waals surface area contributed by atoms with Crippen molar-refractivity contribution in [3.63, 3.8) is 0 Å². The van der Waals surface area contributed by atoms with Gasteiger partial charge in [-0.05, 0) is 24.7 Å². The van der Waals surface area contributed by atoms with Crippen LogP contribution in [0.5, 0.6) is 0 Å². The standard InChI is InChI=1S/C14H30N2O/c1-11(2)7-5-6-8-16-14(17)13(10-15)9-12(3)4/h11-13H,5-10,15H2,1-4H3,(H,16,17). The third kappa shape index (κ3) is 9.16. The summed E-state index contributed by atoms with van der Waals surface area (Å²) in [6.07, 6.45) is 4.38. The second-order valence-electron chi connectivity index (χ2n) is 5.74. The van der Waals surface area contributed by atoms with Gasteiger partial charge in [-0.3, -0.25) is 4.79 Å². The monoisotopic (exact) mass is 242 g/mol. The minimum Gasteiger partial charge on any atom is -0.356 e. The fourth-order valence-electron chi connectivity index (χ4n) is 1.91. The number of amides is 1. The quantitative estimate of drug-likeness (QED) is 0.611. The van der Waals surface area contributed by atoms with Crippen molar-refractivity contribution in [3.8, 4) is 0 Å². The van der Waals surface area contributed by atoms with Gasteiger partial charge in [-0.1, -0.05) is 40.5 Å². The third-order valence-electron chi connectivity index (χ3n) is 2.92. The highest BCUT2D eigenvalue weighted by Crippen LogP contribution is 2.10. The van der Waals surface area contributed by atoms with Crippen LogP contribution in [0.3, 0.4) is 0 Å². The summed E-state index contributed by atoms with van der Waals surface area (Å²) in [5.41, 5.74) is 5.63. The van der Waals surface area contributed by atoms with Crippen molar-refractivity contribution in [2.75, 3.05) is 13.1 Å². The average Bonchev–Trinajstić information content (AvgIpc) is 2.24. The number of carbonyl (C=O) groups excluding carboxylic acids is 1. The van der Waals surface area contributed by atoms with Crippen LogP contribution >= 0.6 is 0 Å². The molecule has 0 aliphatic rings. The van der Waals surface area contributed by atoms with Crippen LogP contribution in [0.15, 0.2) is 0 Å². The molecule has 1 atom stereocenters. The second kappa shape index (κ2) is 9.46. The lowest BCUT2D eigenvalue weighted by Gasteiger charge is -2.16. The van der Waals surface area contributed by atoms with Crippen molar-refractivity contribution in [2.45, 2.75) is 53.4 Å². The average molecular weight is 242 g/mol. The summed E-state index contributed by atoms with van der Waals surface area (Å²) in [6, 6.07) is 0. The summed E-state index contributed by atoms with van der Waals surface area (Å²) in [7, 11) is 0. The molecule has 1 unspecified atom stereocenters. The first-order valence-electron chi connectivity index (χ1n) is 6.95. The Kier molecular flexibility index (Phi) is 9.14. The van der Waals surface area contributed by atoms with Crippen LogP contribution in [-0.4, -0.2) is 19.0 Å². The van der Waals surface area contributed by atoms with Crippen molar-refractivity contribution in [1.29, 1.82) is 0 Å². The summed E-state index contributed by atoms with van der Waals surface area (Å²) in [4.78, 5) is 11.8. The molecule has 0 aliphatic carbocycles. The van der Waals surface area contributed by atoms with Gasteiger partial charge in [0, 0.05) is 13.1 Å². The van der Waals surface area contributed by atoms with E-state index in [1.54, 1.807) is 0 Å². The van der Waals surface area contributed by atoms with E-state index in [1.165, 1.54) is 12.8 Å². The molecule has 3 heteroatoms. The fraction of sp³-hybridized carbons (Fsp3) is 0.929. The molecular weight excluding hydrogens is 212 g/mol. The lowest BCUT2D eigenvalue weighted by molar-refractivity contribution is -0.125. The topological polar surface area (TPSA) is 55.1 Å². The van der Waals surface area contributed by atoms with E-state index in [-0.39, 0.29) is 11.8 Å². The van der Waals surface area contributed by atoms with Crippen LogP contribution in [0.2, 0.25) is 0 Å². The van der Waals surface area contributed by atoms with Gasteiger partial charge in [0.2, 0.25) is 5.91 Å². The molecule has 0 rings (SSSR count). The zero-order valence-corrected chi connectivity index (χ0v) is 12.0. The molecule has 0 aromatic heterocycles. The van der Waals surface area contributed by atoms with Crippen LogP contribution in [0.4, 0.5) is 0 Å². The zero-order chi connectivity index (χ0) is 13.3. The highest BCUT2D eigenvalue weighted by molar-refractivity contribution is 5.78. The van der Waals surface area contributed by atoms with Gasteiger partial charge in [-0.15, -0.1) is 0 Å². The van der Waals surface area contributed by atoms with Crippen molar-refractivity contribution in [2.24, 2.45) is 23.5 Å². The van der Waals surface area contributed by atoms with Gasteiger partial charge in [-0.25, -0.2) is 0 Å². The first-order valence-corrected chi connectivity index (χ1v) is 6.95. The predicted octanol–water partition coefficient (Wildman–Crippen LogP) is 2.55. The van der Waals surface area contributed by atoms with E-state index in [0.29, 0.717) is 12.5 Å². The summed E-state index contributed by atoms with van der Waals surface area (Å²) in [6.45, 7) is 9.95. The maximum absolute atomic E-state index is 11.8. The van der Waals surface area contributed by atoms with E-state index in [0.717, 1.165) is 25.3 Å². The Hall–Kier alpha value is -0.570. The van der Waals surface area contributed by atoms with Crippen LogP contribution in [0.1, 0.15) is 53.4 Å².